The molecule has 114 valence electrons. The van der Waals surface area contributed by atoms with E-state index >= 15 is 0 Å². The Kier molecular flexibility index (Phi) is 9.53. The van der Waals surface area contributed by atoms with E-state index in [0.717, 1.165) is 18.9 Å². The van der Waals surface area contributed by atoms with Crippen LogP contribution in [-0.2, 0) is 0 Å². The topological polar surface area (TPSA) is 20.2 Å². The van der Waals surface area contributed by atoms with Crippen LogP contribution >= 0.6 is 22.6 Å². The van der Waals surface area contributed by atoms with Gasteiger partial charge in [-0.15, -0.1) is 0 Å². The van der Waals surface area contributed by atoms with Crippen molar-refractivity contribution < 1.29 is 5.11 Å². The Morgan fingerprint density at radius 1 is 1.00 bits per heavy atom. The molecule has 0 bridgehead atoms. The first-order valence-corrected chi connectivity index (χ1v) is 9.07. The van der Waals surface area contributed by atoms with Crippen molar-refractivity contribution in [2.24, 2.45) is 5.92 Å². The van der Waals surface area contributed by atoms with Crippen molar-refractivity contribution in [2.75, 3.05) is 7.11 Å². The van der Waals surface area contributed by atoms with E-state index in [0.29, 0.717) is 0 Å². The average Bonchev–Trinajstić information content (AvgIpc) is 2.51. The zero-order valence-electron chi connectivity index (χ0n) is 12.9. The third kappa shape index (κ3) is 6.13. The molecule has 1 aromatic carbocycles. The van der Waals surface area contributed by atoms with Crippen molar-refractivity contribution >= 4 is 22.6 Å². The summed E-state index contributed by atoms with van der Waals surface area (Å²) in [6.07, 6.45) is 11.5. The number of hydrogen-bond donors (Lipinski definition) is 1. The number of halogens is 1. The van der Waals surface area contributed by atoms with Crippen molar-refractivity contribution in [1.82, 2.24) is 0 Å². The van der Waals surface area contributed by atoms with Crippen LogP contribution < -0.4 is 0 Å². The Morgan fingerprint density at radius 2 is 1.60 bits per heavy atom. The van der Waals surface area contributed by atoms with Gasteiger partial charge in [0.05, 0.1) is 0 Å². The molecule has 0 atom stereocenters. The van der Waals surface area contributed by atoms with E-state index in [9.17, 15) is 0 Å². The van der Waals surface area contributed by atoms with Gasteiger partial charge in [-0.05, 0) is 77.8 Å². The SMILES string of the molecule is CCCCCC1CCC(c2ccc(I)cc2)CC1.CO. The van der Waals surface area contributed by atoms with Crippen molar-refractivity contribution in [3.8, 4) is 0 Å². The van der Waals surface area contributed by atoms with Gasteiger partial charge in [0.1, 0.15) is 0 Å². The largest absolute Gasteiger partial charge is 0.400 e. The Labute approximate surface area is 138 Å². The molecule has 1 aromatic rings. The molecule has 0 spiro atoms. The second-order valence-electron chi connectivity index (χ2n) is 5.76. The maximum atomic E-state index is 7.00. The number of rotatable bonds is 5. The Morgan fingerprint density at radius 3 is 2.15 bits per heavy atom. The minimum Gasteiger partial charge on any atom is -0.400 e. The van der Waals surface area contributed by atoms with E-state index in [4.69, 9.17) is 5.11 Å². The Bertz CT molecular complexity index is 339. The second kappa shape index (κ2) is 10.6. The molecule has 1 fully saturated rings. The third-order valence-corrected chi connectivity index (χ3v) is 5.12. The molecule has 20 heavy (non-hydrogen) atoms. The van der Waals surface area contributed by atoms with E-state index in [1.54, 1.807) is 5.56 Å². The van der Waals surface area contributed by atoms with Crippen LogP contribution in [0.3, 0.4) is 0 Å². The lowest BCUT2D eigenvalue weighted by atomic mass is 9.77. The average molecular weight is 388 g/mol. The van der Waals surface area contributed by atoms with Gasteiger partial charge < -0.3 is 5.11 Å². The van der Waals surface area contributed by atoms with E-state index in [1.165, 1.54) is 54.9 Å². The quantitative estimate of drug-likeness (QED) is 0.503. The molecule has 0 unspecified atom stereocenters. The van der Waals surface area contributed by atoms with Crippen molar-refractivity contribution in [3.63, 3.8) is 0 Å². The minimum atomic E-state index is 0.837. The predicted octanol–water partition coefficient (Wildman–Crippen LogP) is 5.75. The first kappa shape index (κ1) is 18.0. The zero-order valence-corrected chi connectivity index (χ0v) is 15.1. The van der Waals surface area contributed by atoms with Crippen LogP contribution in [-0.4, -0.2) is 12.2 Å². The smallest absolute Gasteiger partial charge is 0.0319 e. The number of aliphatic hydroxyl groups excluding tert-OH is 1. The van der Waals surface area contributed by atoms with Gasteiger partial charge in [-0.1, -0.05) is 44.7 Å². The zero-order chi connectivity index (χ0) is 14.8. The molecule has 2 heteroatoms. The van der Waals surface area contributed by atoms with E-state index < -0.39 is 0 Å². The molecule has 1 nitrogen and oxygen atoms in total. The maximum absolute atomic E-state index is 7.00. The van der Waals surface area contributed by atoms with Gasteiger partial charge in [0.25, 0.3) is 0 Å². The van der Waals surface area contributed by atoms with Crippen LogP contribution in [0, 0.1) is 9.49 Å². The van der Waals surface area contributed by atoms with Gasteiger partial charge >= 0.3 is 0 Å². The highest BCUT2D eigenvalue weighted by Crippen LogP contribution is 2.37. The van der Waals surface area contributed by atoms with Gasteiger partial charge in [-0.3, -0.25) is 0 Å². The van der Waals surface area contributed by atoms with E-state index in [1.807, 2.05) is 0 Å². The fourth-order valence-electron chi connectivity index (χ4n) is 3.20. The monoisotopic (exact) mass is 388 g/mol. The van der Waals surface area contributed by atoms with Crippen molar-refractivity contribution in [1.29, 1.82) is 0 Å². The number of unbranched alkanes of at least 4 members (excludes halogenated alkanes) is 2. The molecule has 0 saturated heterocycles. The van der Waals surface area contributed by atoms with Crippen molar-refractivity contribution in [3.05, 3.63) is 33.4 Å². The highest BCUT2D eigenvalue weighted by Gasteiger charge is 2.21. The fraction of sp³-hybridized carbons (Fsp3) is 0.667. The molecule has 2 rings (SSSR count). The summed E-state index contributed by atoms with van der Waals surface area (Å²) in [5, 5.41) is 7.00. The molecule has 1 aliphatic carbocycles. The van der Waals surface area contributed by atoms with E-state index in [2.05, 4.69) is 53.8 Å². The summed E-state index contributed by atoms with van der Waals surface area (Å²) in [7, 11) is 1.00. The predicted molar refractivity (Wildman–Crippen MR) is 96.1 cm³/mol. The van der Waals surface area contributed by atoms with Gasteiger partial charge in [-0.25, -0.2) is 0 Å². The first-order valence-electron chi connectivity index (χ1n) is 7.99. The number of aliphatic hydroxyl groups is 1. The summed E-state index contributed by atoms with van der Waals surface area (Å²) >= 11 is 2.39. The number of hydrogen-bond acceptors (Lipinski definition) is 1. The summed E-state index contributed by atoms with van der Waals surface area (Å²) in [4.78, 5) is 0. The molecule has 0 amide bonds. The summed E-state index contributed by atoms with van der Waals surface area (Å²) in [5.74, 6) is 1.86. The standard InChI is InChI=1S/C17H25I.CH4O/c1-2-3-4-5-14-6-8-15(9-7-14)16-10-12-17(18)13-11-16;1-2/h10-15H,2-9H2,1H3;2H,1H3. The van der Waals surface area contributed by atoms with Gasteiger partial charge in [0.15, 0.2) is 0 Å². The molecule has 1 N–H and O–H groups in total. The second-order valence-corrected chi connectivity index (χ2v) is 7.01. The lowest BCUT2D eigenvalue weighted by Crippen LogP contribution is -2.13. The van der Waals surface area contributed by atoms with Gasteiger partial charge in [-0.2, -0.15) is 0 Å². The van der Waals surface area contributed by atoms with Crippen LogP contribution in [0.1, 0.15) is 69.8 Å². The van der Waals surface area contributed by atoms with Crippen LogP contribution in [0.15, 0.2) is 24.3 Å². The Hall–Kier alpha value is -0.0900. The summed E-state index contributed by atoms with van der Waals surface area (Å²) in [5.41, 5.74) is 1.57. The van der Waals surface area contributed by atoms with Crippen LogP contribution in [0.2, 0.25) is 0 Å². The molecule has 0 aliphatic heterocycles. The van der Waals surface area contributed by atoms with Crippen LogP contribution in [0.4, 0.5) is 0 Å². The molecule has 0 radical (unpaired) electrons. The third-order valence-electron chi connectivity index (χ3n) is 4.40. The lowest BCUT2D eigenvalue weighted by molar-refractivity contribution is 0.303. The maximum Gasteiger partial charge on any atom is 0.0319 e. The normalized spacial score (nSPS) is 22.0. The summed E-state index contributed by atoms with van der Waals surface area (Å²) < 4.78 is 1.35. The van der Waals surface area contributed by atoms with E-state index in [-0.39, 0.29) is 0 Å². The minimum absolute atomic E-state index is 0.837. The Balaban J connectivity index is 0.000000956. The summed E-state index contributed by atoms with van der Waals surface area (Å²) in [6.45, 7) is 2.30. The van der Waals surface area contributed by atoms with Crippen molar-refractivity contribution in [2.45, 2.75) is 64.2 Å². The summed E-state index contributed by atoms with van der Waals surface area (Å²) in [6, 6.07) is 9.18. The van der Waals surface area contributed by atoms with Crippen LogP contribution in [0.5, 0.6) is 0 Å². The molecule has 1 aliphatic rings. The number of benzene rings is 1. The molecular formula is C18H29IO. The lowest BCUT2D eigenvalue weighted by Gasteiger charge is -2.28. The highest BCUT2D eigenvalue weighted by atomic mass is 127. The highest BCUT2D eigenvalue weighted by molar-refractivity contribution is 14.1. The van der Waals surface area contributed by atoms with Gasteiger partial charge in [0.2, 0.25) is 0 Å². The first-order chi connectivity index (χ1) is 9.79. The fourth-order valence-corrected chi connectivity index (χ4v) is 3.56. The molecule has 1 saturated carbocycles. The molecule has 0 aromatic heterocycles. The van der Waals surface area contributed by atoms with Crippen LogP contribution in [0.25, 0.3) is 0 Å². The molecular weight excluding hydrogens is 359 g/mol. The molecule has 0 heterocycles. The van der Waals surface area contributed by atoms with Gasteiger partial charge in [0, 0.05) is 10.7 Å².